The maximum absolute atomic E-state index is 9.47. The number of furan rings is 1. The summed E-state index contributed by atoms with van der Waals surface area (Å²) in [5.41, 5.74) is 4.44. The summed E-state index contributed by atoms with van der Waals surface area (Å²) in [7, 11) is 0. The van der Waals surface area contributed by atoms with Crippen LogP contribution in [0.3, 0.4) is 0 Å². The smallest absolute Gasteiger partial charge is 0.119 e. The monoisotopic (exact) mass is 282 g/mol. The van der Waals surface area contributed by atoms with Crippen LogP contribution in [0.15, 0.2) is 59.1 Å². The molecule has 21 heavy (non-hydrogen) atoms. The third-order valence-electron chi connectivity index (χ3n) is 3.61. The molecule has 0 unspecified atom stereocenters. The normalized spacial score (nSPS) is 14.5. The predicted octanol–water partition coefficient (Wildman–Crippen LogP) is 4.96. The second-order valence-electron chi connectivity index (χ2n) is 5.01. The number of hydrogen-bond acceptors (Lipinski definition) is 3. The van der Waals surface area contributed by atoms with Crippen molar-refractivity contribution in [3.8, 4) is 16.9 Å². The van der Waals surface area contributed by atoms with Crippen molar-refractivity contribution in [1.29, 1.82) is 0 Å². The maximum Gasteiger partial charge on any atom is 0.119 e. The molecule has 0 saturated heterocycles. The molecule has 0 bridgehead atoms. The van der Waals surface area contributed by atoms with Crippen molar-refractivity contribution in [2.75, 3.05) is 6.61 Å². The van der Waals surface area contributed by atoms with E-state index in [0.717, 1.165) is 28.9 Å². The van der Waals surface area contributed by atoms with E-state index in [-0.39, 0.29) is 0 Å². The Balaban J connectivity index is 1.92. The van der Waals surface area contributed by atoms with Crippen molar-refractivity contribution < 1.29 is 14.3 Å². The Bertz CT molecular complexity index is 675. The van der Waals surface area contributed by atoms with Crippen LogP contribution in [-0.4, -0.2) is 11.7 Å². The van der Waals surface area contributed by atoms with Gasteiger partial charge in [0.05, 0.1) is 24.9 Å². The van der Waals surface area contributed by atoms with E-state index >= 15 is 0 Å². The minimum absolute atomic E-state index is 0.435. The summed E-state index contributed by atoms with van der Waals surface area (Å²) in [5.74, 6) is 1.31. The number of ether oxygens (including phenoxy) is 1. The van der Waals surface area contributed by atoms with Gasteiger partial charge in [0.15, 0.2) is 0 Å². The number of aliphatic hydroxyl groups is 1. The first-order chi connectivity index (χ1) is 10.3. The topological polar surface area (TPSA) is 42.6 Å². The van der Waals surface area contributed by atoms with Gasteiger partial charge in [-0.3, -0.25) is 0 Å². The van der Waals surface area contributed by atoms with E-state index < -0.39 is 0 Å². The van der Waals surface area contributed by atoms with Crippen LogP contribution in [0, 0.1) is 0 Å². The maximum atomic E-state index is 9.47. The van der Waals surface area contributed by atoms with Gasteiger partial charge in [-0.25, -0.2) is 0 Å². The number of rotatable bonds is 4. The molecule has 108 valence electrons. The lowest BCUT2D eigenvalue weighted by molar-refractivity contribution is 0.340. The van der Waals surface area contributed by atoms with Gasteiger partial charge in [-0.2, -0.15) is 0 Å². The molecule has 0 spiro atoms. The Morgan fingerprint density at radius 1 is 1.05 bits per heavy atom. The van der Waals surface area contributed by atoms with Crippen molar-refractivity contribution in [2.24, 2.45) is 0 Å². The van der Waals surface area contributed by atoms with E-state index in [4.69, 9.17) is 9.15 Å². The van der Waals surface area contributed by atoms with Crippen LogP contribution in [0.5, 0.6) is 5.75 Å². The quantitative estimate of drug-likeness (QED) is 0.861. The highest BCUT2D eigenvalue weighted by molar-refractivity contribution is 5.81. The molecule has 1 aromatic carbocycles. The first-order valence-corrected chi connectivity index (χ1v) is 7.16. The van der Waals surface area contributed by atoms with Crippen LogP contribution < -0.4 is 4.74 Å². The molecule has 1 heterocycles. The Hall–Kier alpha value is -2.42. The van der Waals surface area contributed by atoms with Crippen LogP contribution in [0.25, 0.3) is 16.7 Å². The molecule has 1 aliphatic carbocycles. The van der Waals surface area contributed by atoms with Gasteiger partial charge >= 0.3 is 0 Å². The minimum Gasteiger partial charge on any atom is -0.512 e. The minimum atomic E-state index is 0.435. The first kappa shape index (κ1) is 13.6. The molecule has 3 heteroatoms. The Morgan fingerprint density at radius 3 is 2.48 bits per heavy atom. The van der Waals surface area contributed by atoms with Gasteiger partial charge in [-0.15, -0.1) is 0 Å². The molecule has 0 amide bonds. The first-order valence-electron chi connectivity index (χ1n) is 7.16. The Kier molecular flexibility index (Phi) is 3.82. The predicted molar refractivity (Wildman–Crippen MR) is 83.2 cm³/mol. The lowest BCUT2D eigenvalue weighted by atomic mass is 9.93. The lowest BCUT2D eigenvalue weighted by Gasteiger charge is -2.12. The third kappa shape index (κ3) is 2.87. The molecule has 0 atom stereocenters. The molecule has 0 radical (unpaired) electrons. The molecule has 3 nitrogen and oxygen atoms in total. The number of aliphatic hydroxyl groups excluding tert-OH is 1. The third-order valence-corrected chi connectivity index (χ3v) is 3.61. The van der Waals surface area contributed by atoms with Crippen molar-refractivity contribution in [3.05, 3.63) is 60.3 Å². The van der Waals surface area contributed by atoms with Gasteiger partial charge < -0.3 is 14.3 Å². The zero-order chi connectivity index (χ0) is 14.7. The van der Waals surface area contributed by atoms with Gasteiger partial charge in [0.2, 0.25) is 0 Å². The van der Waals surface area contributed by atoms with Gasteiger partial charge in [-0.1, -0.05) is 18.2 Å². The van der Waals surface area contributed by atoms with E-state index in [1.807, 2.05) is 37.3 Å². The summed E-state index contributed by atoms with van der Waals surface area (Å²) in [6.45, 7) is 2.64. The number of benzene rings is 1. The van der Waals surface area contributed by atoms with Gasteiger partial charge in [0.25, 0.3) is 0 Å². The van der Waals surface area contributed by atoms with Gasteiger partial charge in [0, 0.05) is 17.5 Å². The van der Waals surface area contributed by atoms with Crippen molar-refractivity contribution in [3.63, 3.8) is 0 Å². The van der Waals surface area contributed by atoms with Crippen LogP contribution in [-0.2, 0) is 0 Å². The average molecular weight is 282 g/mol. The molecule has 0 saturated carbocycles. The largest absolute Gasteiger partial charge is 0.512 e. The van der Waals surface area contributed by atoms with Crippen molar-refractivity contribution in [2.45, 2.75) is 19.8 Å². The molecule has 1 aliphatic rings. The fourth-order valence-electron chi connectivity index (χ4n) is 2.52. The van der Waals surface area contributed by atoms with E-state index in [0.29, 0.717) is 18.8 Å². The summed E-state index contributed by atoms with van der Waals surface area (Å²) >= 11 is 0. The number of hydrogen-bond donors (Lipinski definition) is 1. The van der Waals surface area contributed by atoms with Crippen molar-refractivity contribution in [1.82, 2.24) is 0 Å². The van der Waals surface area contributed by atoms with Crippen molar-refractivity contribution >= 4 is 5.57 Å². The summed E-state index contributed by atoms with van der Waals surface area (Å²) in [6, 6.07) is 8.01. The van der Waals surface area contributed by atoms with Gasteiger partial charge in [0.1, 0.15) is 5.75 Å². The fourth-order valence-corrected chi connectivity index (χ4v) is 2.52. The SMILES string of the molecule is CCOc1ccc(-c2cocc2C2=CC=C(O)CC2)cc1. The number of allylic oxidation sites excluding steroid dienone is 4. The molecule has 3 rings (SSSR count). The van der Waals surface area contributed by atoms with Crippen LogP contribution in [0.4, 0.5) is 0 Å². The average Bonchev–Trinajstić information content (AvgIpc) is 2.99. The van der Waals surface area contributed by atoms with E-state index in [9.17, 15) is 5.11 Å². The highest BCUT2D eigenvalue weighted by Crippen LogP contribution is 2.35. The summed E-state index contributed by atoms with van der Waals surface area (Å²) in [4.78, 5) is 0. The van der Waals surface area contributed by atoms with E-state index in [2.05, 4.69) is 0 Å². The van der Waals surface area contributed by atoms with Crippen LogP contribution in [0.1, 0.15) is 25.3 Å². The molecule has 0 fully saturated rings. The van der Waals surface area contributed by atoms with Crippen LogP contribution in [0.2, 0.25) is 0 Å². The fraction of sp³-hybridized carbons (Fsp3) is 0.222. The highest BCUT2D eigenvalue weighted by atomic mass is 16.5. The second kappa shape index (κ2) is 5.92. The summed E-state index contributed by atoms with van der Waals surface area (Å²) < 4.78 is 10.9. The molecule has 2 aromatic rings. The van der Waals surface area contributed by atoms with E-state index in [1.54, 1.807) is 18.6 Å². The molecule has 0 aliphatic heterocycles. The molecular weight excluding hydrogens is 264 g/mol. The zero-order valence-electron chi connectivity index (χ0n) is 12.0. The van der Waals surface area contributed by atoms with Gasteiger partial charge in [-0.05, 0) is 42.7 Å². The van der Waals surface area contributed by atoms with E-state index in [1.165, 1.54) is 5.57 Å². The molecular formula is C18H18O3. The standard InChI is InChI=1S/C18H18O3/c1-2-21-16-9-5-14(6-10-16)18-12-20-11-17(18)13-3-7-15(19)8-4-13/h3,5-7,9-12,19H,2,4,8H2,1H3. The summed E-state index contributed by atoms with van der Waals surface area (Å²) in [5, 5.41) is 9.47. The molecule has 1 N–H and O–H groups in total. The molecule has 1 aromatic heterocycles. The Labute approximate surface area is 124 Å². The second-order valence-corrected chi connectivity index (χ2v) is 5.01. The Morgan fingerprint density at radius 2 is 1.81 bits per heavy atom. The lowest BCUT2D eigenvalue weighted by Crippen LogP contribution is -1.93. The summed E-state index contributed by atoms with van der Waals surface area (Å²) in [6.07, 6.45) is 8.76. The van der Waals surface area contributed by atoms with Crippen LogP contribution >= 0.6 is 0 Å². The highest BCUT2D eigenvalue weighted by Gasteiger charge is 2.14. The zero-order valence-corrected chi connectivity index (χ0v) is 12.0.